The predicted octanol–water partition coefficient (Wildman–Crippen LogP) is 3.59. The standard InChI is InChI=1S/C21H21Cl2N3O4/c1-30-18-5-2-13(22)10-16(18)21(29)26-8-6-12(7-9-26)20(28)25-14-3-4-15(19(24)27)17(23)11-14/h2-5,10-12H,6-9H2,1H3,(H2,24,27)(H,25,28). The Morgan fingerprint density at radius 2 is 1.77 bits per heavy atom. The van der Waals surface area contributed by atoms with Crippen molar-refractivity contribution in [1.29, 1.82) is 0 Å². The lowest BCUT2D eigenvalue weighted by Gasteiger charge is -2.31. The summed E-state index contributed by atoms with van der Waals surface area (Å²) in [6.45, 7) is 0.877. The fourth-order valence-electron chi connectivity index (χ4n) is 3.40. The van der Waals surface area contributed by atoms with Crippen molar-refractivity contribution in [2.45, 2.75) is 12.8 Å². The number of likely N-dealkylation sites (tertiary alicyclic amines) is 1. The molecule has 1 aliphatic rings. The number of nitrogens with two attached hydrogens (primary N) is 1. The van der Waals surface area contributed by atoms with Crippen molar-refractivity contribution in [3.63, 3.8) is 0 Å². The largest absolute Gasteiger partial charge is 0.496 e. The van der Waals surface area contributed by atoms with E-state index >= 15 is 0 Å². The first kappa shape index (κ1) is 21.9. The van der Waals surface area contributed by atoms with Gasteiger partial charge in [0, 0.05) is 29.7 Å². The molecule has 3 amide bonds. The third kappa shape index (κ3) is 4.86. The zero-order chi connectivity index (χ0) is 21.8. The lowest BCUT2D eigenvalue weighted by molar-refractivity contribution is -0.121. The lowest BCUT2D eigenvalue weighted by Crippen LogP contribution is -2.41. The Labute approximate surface area is 184 Å². The van der Waals surface area contributed by atoms with E-state index < -0.39 is 5.91 Å². The Bertz CT molecular complexity index is 988. The van der Waals surface area contributed by atoms with E-state index in [9.17, 15) is 14.4 Å². The molecule has 1 aliphatic heterocycles. The highest BCUT2D eigenvalue weighted by molar-refractivity contribution is 6.34. The highest BCUT2D eigenvalue weighted by Crippen LogP contribution is 2.27. The molecule has 1 saturated heterocycles. The van der Waals surface area contributed by atoms with E-state index in [2.05, 4.69) is 5.32 Å². The number of carbonyl (C=O) groups excluding carboxylic acids is 3. The summed E-state index contributed by atoms with van der Waals surface area (Å²) in [5.74, 6) is -0.760. The molecule has 0 atom stereocenters. The molecule has 158 valence electrons. The molecule has 3 rings (SSSR count). The summed E-state index contributed by atoms with van der Waals surface area (Å²) in [5.41, 5.74) is 6.31. The molecule has 0 aliphatic carbocycles. The first-order valence-corrected chi connectivity index (χ1v) is 10.1. The van der Waals surface area contributed by atoms with E-state index in [0.717, 1.165) is 0 Å². The molecule has 0 saturated carbocycles. The number of nitrogens with zero attached hydrogens (tertiary/aromatic N) is 1. The summed E-state index contributed by atoms with van der Waals surface area (Å²) in [4.78, 5) is 38.4. The monoisotopic (exact) mass is 449 g/mol. The van der Waals surface area contributed by atoms with Crippen LogP contribution in [-0.4, -0.2) is 42.8 Å². The van der Waals surface area contributed by atoms with Crippen LogP contribution in [0.5, 0.6) is 5.75 Å². The number of anilines is 1. The van der Waals surface area contributed by atoms with Crippen LogP contribution >= 0.6 is 23.2 Å². The van der Waals surface area contributed by atoms with Gasteiger partial charge in [-0.1, -0.05) is 23.2 Å². The van der Waals surface area contributed by atoms with E-state index in [0.29, 0.717) is 48.0 Å². The molecule has 2 aromatic rings. The number of nitrogens with one attached hydrogen (secondary N) is 1. The predicted molar refractivity (Wildman–Crippen MR) is 115 cm³/mol. The molecule has 1 fully saturated rings. The minimum atomic E-state index is -0.633. The lowest BCUT2D eigenvalue weighted by atomic mass is 9.95. The number of hydrogen-bond donors (Lipinski definition) is 2. The van der Waals surface area contributed by atoms with Crippen LogP contribution in [0.1, 0.15) is 33.6 Å². The van der Waals surface area contributed by atoms with Crippen LogP contribution < -0.4 is 15.8 Å². The van der Waals surface area contributed by atoms with Crippen LogP contribution in [0, 0.1) is 5.92 Å². The van der Waals surface area contributed by atoms with Crippen molar-refractivity contribution in [1.82, 2.24) is 4.90 Å². The van der Waals surface area contributed by atoms with Gasteiger partial charge in [0.15, 0.2) is 0 Å². The van der Waals surface area contributed by atoms with Crippen LogP contribution in [0.25, 0.3) is 0 Å². The number of halogens is 2. The summed E-state index contributed by atoms with van der Waals surface area (Å²) >= 11 is 12.0. The molecular formula is C21H21Cl2N3O4. The average Bonchev–Trinajstić information content (AvgIpc) is 2.73. The van der Waals surface area contributed by atoms with Gasteiger partial charge in [-0.25, -0.2) is 0 Å². The average molecular weight is 450 g/mol. The third-order valence-corrected chi connectivity index (χ3v) is 5.59. The van der Waals surface area contributed by atoms with Gasteiger partial charge in [-0.05, 0) is 49.2 Å². The van der Waals surface area contributed by atoms with Gasteiger partial charge in [0.2, 0.25) is 11.8 Å². The fraction of sp³-hybridized carbons (Fsp3) is 0.286. The molecule has 1 heterocycles. The minimum Gasteiger partial charge on any atom is -0.496 e. The second kappa shape index (κ2) is 9.36. The van der Waals surface area contributed by atoms with E-state index in [1.54, 1.807) is 29.2 Å². The van der Waals surface area contributed by atoms with Gasteiger partial charge >= 0.3 is 0 Å². The topological polar surface area (TPSA) is 102 Å². The van der Waals surface area contributed by atoms with Gasteiger partial charge in [-0.15, -0.1) is 0 Å². The van der Waals surface area contributed by atoms with Crippen molar-refractivity contribution in [3.05, 3.63) is 57.6 Å². The molecule has 0 aromatic heterocycles. The molecule has 0 radical (unpaired) electrons. The Morgan fingerprint density at radius 3 is 2.37 bits per heavy atom. The molecule has 0 bridgehead atoms. The van der Waals surface area contributed by atoms with E-state index in [4.69, 9.17) is 33.7 Å². The van der Waals surface area contributed by atoms with Crippen molar-refractivity contribution >= 4 is 46.6 Å². The van der Waals surface area contributed by atoms with Crippen LogP contribution in [0.2, 0.25) is 10.0 Å². The number of amides is 3. The highest BCUT2D eigenvalue weighted by Gasteiger charge is 2.29. The quantitative estimate of drug-likeness (QED) is 0.727. The fourth-order valence-corrected chi connectivity index (χ4v) is 3.85. The highest BCUT2D eigenvalue weighted by atomic mass is 35.5. The number of rotatable bonds is 5. The molecule has 3 N–H and O–H groups in total. The maximum Gasteiger partial charge on any atom is 0.257 e. The van der Waals surface area contributed by atoms with Crippen molar-refractivity contribution in [3.8, 4) is 5.75 Å². The Balaban J connectivity index is 1.61. The summed E-state index contributed by atoms with van der Waals surface area (Å²) in [5, 5.41) is 3.43. The van der Waals surface area contributed by atoms with Gasteiger partial charge in [0.25, 0.3) is 5.91 Å². The minimum absolute atomic E-state index is 0.162. The summed E-state index contributed by atoms with van der Waals surface area (Å²) in [7, 11) is 1.50. The Kier molecular flexibility index (Phi) is 6.84. The number of benzene rings is 2. The normalized spacial score (nSPS) is 14.3. The molecule has 0 spiro atoms. The molecule has 7 nitrogen and oxygen atoms in total. The van der Waals surface area contributed by atoms with Gasteiger partial charge in [0.05, 0.1) is 23.3 Å². The maximum absolute atomic E-state index is 12.9. The Hall–Kier alpha value is -2.77. The van der Waals surface area contributed by atoms with Gasteiger partial charge in [-0.2, -0.15) is 0 Å². The number of primary amides is 1. The van der Waals surface area contributed by atoms with Crippen molar-refractivity contribution < 1.29 is 19.1 Å². The number of hydrogen-bond acceptors (Lipinski definition) is 4. The van der Waals surface area contributed by atoms with Gasteiger partial charge < -0.3 is 20.7 Å². The SMILES string of the molecule is COc1ccc(Cl)cc1C(=O)N1CCC(C(=O)Nc2ccc(C(N)=O)c(Cl)c2)CC1. The van der Waals surface area contributed by atoms with Crippen LogP contribution in [0.4, 0.5) is 5.69 Å². The van der Waals surface area contributed by atoms with Crippen molar-refractivity contribution in [2.24, 2.45) is 11.7 Å². The molecule has 30 heavy (non-hydrogen) atoms. The zero-order valence-electron chi connectivity index (χ0n) is 16.3. The first-order chi connectivity index (χ1) is 14.3. The summed E-state index contributed by atoms with van der Waals surface area (Å²) in [6, 6.07) is 9.44. The number of methoxy groups -OCH3 is 1. The summed E-state index contributed by atoms with van der Waals surface area (Å²) < 4.78 is 5.26. The van der Waals surface area contributed by atoms with E-state index in [-0.39, 0.29) is 28.3 Å². The first-order valence-electron chi connectivity index (χ1n) is 9.33. The summed E-state index contributed by atoms with van der Waals surface area (Å²) in [6.07, 6.45) is 1.04. The van der Waals surface area contributed by atoms with Crippen LogP contribution in [-0.2, 0) is 4.79 Å². The number of ether oxygens (including phenoxy) is 1. The van der Waals surface area contributed by atoms with E-state index in [1.165, 1.54) is 19.2 Å². The number of piperidine rings is 1. The van der Waals surface area contributed by atoms with Gasteiger partial charge in [-0.3, -0.25) is 14.4 Å². The third-order valence-electron chi connectivity index (χ3n) is 5.05. The molecule has 9 heteroatoms. The molecule has 0 unspecified atom stereocenters. The van der Waals surface area contributed by atoms with Crippen molar-refractivity contribution in [2.75, 3.05) is 25.5 Å². The number of carbonyl (C=O) groups is 3. The second-order valence-electron chi connectivity index (χ2n) is 6.96. The van der Waals surface area contributed by atoms with Crippen LogP contribution in [0.3, 0.4) is 0 Å². The van der Waals surface area contributed by atoms with Crippen LogP contribution in [0.15, 0.2) is 36.4 Å². The van der Waals surface area contributed by atoms with E-state index in [1.807, 2.05) is 0 Å². The maximum atomic E-state index is 12.9. The smallest absolute Gasteiger partial charge is 0.257 e. The molecular weight excluding hydrogens is 429 g/mol. The van der Waals surface area contributed by atoms with Gasteiger partial charge in [0.1, 0.15) is 5.75 Å². The Morgan fingerprint density at radius 1 is 1.07 bits per heavy atom. The zero-order valence-corrected chi connectivity index (χ0v) is 17.8. The second-order valence-corrected chi connectivity index (χ2v) is 7.80. The molecule has 2 aromatic carbocycles.